The van der Waals surface area contributed by atoms with Crippen molar-refractivity contribution in [2.75, 3.05) is 27.3 Å². The van der Waals surface area contributed by atoms with Crippen molar-refractivity contribution in [3.63, 3.8) is 0 Å². The molecule has 0 aromatic heterocycles. The standard InChI is InChI=1S/C25H39NO6/c1-6-26-11-23(3)8-7-16(28)25-14-9-13-15(30-4)10-24(31-5,17(14)19(13)29)18(22(25)26)20(21(23)25)32-12(2)27/h13-22,28-29H,6-11H2,1-5H3. The number of carbonyl (C=O) groups is 1. The molecule has 6 rings (SSSR count). The van der Waals surface area contributed by atoms with E-state index < -0.39 is 23.2 Å². The number of hydrogen-bond acceptors (Lipinski definition) is 7. The van der Waals surface area contributed by atoms with Crippen molar-refractivity contribution in [1.29, 1.82) is 0 Å². The first-order valence-electron chi connectivity index (χ1n) is 12.6. The number of piperidine rings is 1. The Morgan fingerprint density at radius 1 is 1.22 bits per heavy atom. The Kier molecular flexibility index (Phi) is 4.55. The van der Waals surface area contributed by atoms with Gasteiger partial charge < -0.3 is 24.4 Å². The molecule has 13 unspecified atom stereocenters. The summed E-state index contributed by atoms with van der Waals surface area (Å²) >= 11 is 0. The molecule has 0 radical (unpaired) electrons. The van der Waals surface area contributed by atoms with E-state index in [0.717, 1.165) is 32.4 Å². The Balaban J connectivity index is 1.65. The summed E-state index contributed by atoms with van der Waals surface area (Å²) in [6, 6.07) is 0.0768. The maximum Gasteiger partial charge on any atom is 0.302 e. The summed E-state index contributed by atoms with van der Waals surface area (Å²) in [6.07, 6.45) is 1.85. The van der Waals surface area contributed by atoms with Crippen molar-refractivity contribution < 1.29 is 29.2 Å². The fourth-order valence-corrected chi connectivity index (χ4v) is 10.8. The Morgan fingerprint density at radius 3 is 2.59 bits per heavy atom. The number of rotatable bonds is 4. The van der Waals surface area contributed by atoms with E-state index in [1.54, 1.807) is 14.2 Å². The highest BCUT2D eigenvalue weighted by Gasteiger charge is 2.86. The highest BCUT2D eigenvalue weighted by atomic mass is 16.6. The van der Waals surface area contributed by atoms with Crippen LogP contribution in [-0.2, 0) is 19.0 Å². The number of aliphatic hydroxyl groups is 2. The van der Waals surface area contributed by atoms with E-state index in [4.69, 9.17) is 14.2 Å². The molecule has 6 aliphatic rings. The lowest BCUT2D eigenvalue weighted by molar-refractivity contribution is -0.273. The molecule has 0 aromatic rings. The molecule has 7 heteroatoms. The van der Waals surface area contributed by atoms with E-state index in [0.29, 0.717) is 6.42 Å². The van der Waals surface area contributed by atoms with Crippen LogP contribution in [0.25, 0.3) is 0 Å². The molecule has 1 heterocycles. The maximum atomic E-state index is 12.4. The van der Waals surface area contributed by atoms with Crippen molar-refractivity contribution in [3.05, 3.63) is 0 Å². The molecule has 0 aromatic carbocycles. The smallest absolute Gasteiger partial charge is 0.302 e. The molecule has 32 heavy (non-hydrogen) atoms. The molecular weight excluding hydrogens is 410 g/mol. The van der Waals surface area contributed by atoms with E-state index in [9.17, 15) is 15.0 Å². The first-order valence-corrected chi connectivity index (χ1v) is 12.6. The van der Waals surface area contributed by atoms with Crippen molar-refractivity contribution in [2.45, 2.75) is 82.5 Å². The van der Waals surface area contributed by atoms with Crippen LogP contribution in [-0.4, -0.2) is 84.5 Å². The second-order valence-electron chi connectivity index (χ2n) is 12.0. The molecule has 6 fully saturated rings. The zero-order valence-electron chi connectivity index (χ0n) is 20.0. The number of methoxy groups -OCH3 is 2. The molecule has 13 atom stereocenters. The van der Waals surface area contributed by atoms with E-state index in [-0.39, 0.29) is 59.2 Å². The van der Waals surface area contributed by atoms with Gasteiger partial charge in [-0.1, -0.05) is 13.8 Å². The van der Waals surface area contributed by atoms with E-state index in [2.05, 4.69) is 18.7 Å². The minimum atomic E-state index is -0.635. The minimum absolute atomic E-state index is 0.0438. The van der Waals surface area contributed by atoms with Gasteiger partial charge in [0.1, 0.15) is 6.10 Å². The minimum Gasteiger partial charge on any atom is -0.462 e. The Bertz CT molecular complexity index is 822. The maximum absolute atomic E-state index is 12.4. The van der Waals surface area contributed by atoms with Crippen molar-refractivity contribution >= 4 is 5.97 Å². The SMILES string of the molecule is CCN1CC2(C)CCC(O)C34C5CC6C(OC)CC(OC)(C5C6O)C(C(OC(C)=O)C23)C14. The van der Waals surface area contributed by atoms with Crippen LogP contribution in [0.1, 0.15) is 46.5 Å². The summed E-state index contributed by atoms with van der Waals surface area (Å²) in [5, 5.41) is 23.5. The van der Waals surface area contributed by atoms with Crippen LogP contribution in [0.5, 0.6) is 0 Å². The monoisotopic (exact) mass is 449 g/mol. The zero-order valence-corrected chi connectivity index (χ0v) is 20.0. The van der Waals surface area contributed by atoms with Crippen LogP contribution >= 0.6 is 0 Å². The van der Waals surface area contributed by atoms with Crippen LogP contribution in [0.2, 0.25) is 0 Å². The Labute approximate surface area is 190 Å². The molecule has 7 nitrogen and oxygen atoms in total. The van der Waals surface area contributed by atoms with Gasteiger partial charge in [-0.3, -0.25) is 9.69 Å². The molecule has 1 saturated heterocycles. The number of aliphatic hydroxyl groups excluding tert-OH is 2. The molecule has 0 amide bonds. The molecule has 2 N–H and O–H groups in total. The second-order valence-corrected chi connectivity index (χ2v) is 12.0. The van der Waals surface area contributed by atoms with Crippen LogP contribution in [0.3, 0.4) is 0 Å². The Hall–Kier alpha value is -0.730. The predicted molar refractivity (Wildman–Crippen MR) is 116 cm³/mol. The van der Waals surface area contributed by atoms with Crippen LogP contribution < -0.4 is 0 Å². The summed E-state index contributed by atoms with van der Waals surface area (Å²) in [5.41, 5.74) is -1.07. The molecule has 1 aliphatic heterocycles. The summed E-state index contributed by atoms with van der Waals surface area (Å²) in [6.45, 7) is 7.89. The number of ether oxygens (including phenoxy) is 3. The van der Waals surface area contributed by atoms with Crippen molar-refractivity contribution in [2.24, 2.45) is 40.4 Å². The summed E-state index contributed by atoms with van der Waals surface area (Å²) in [7, 11) is 3.49. The summed E-state index contributed by atoms with van der Waals surface area (Å²) in [4.78, 5) is 15.0. The molecule has 5 saturated carbocycles. The third-order valence-corrected chi connectivity index (χ3v) is 11.3. The highest BCUT2D eigenvalue weighted by molar-refractivity contribution is 5.66. The van der Waals surface area contributed by atoms with Crippen LogP contribution in [0, 0.1) is 40.4 Å². The quantitative estimate of drug-likeness (QED) is 0.628. The normalized spacial score (nSPS) is 59.8. The largest absolute Gasteiger partial charge is 0.462 e. The topological polar surface area (TPSA) is 88.5 Å². The summed E-state index contributed by atoms with van der Waals surface area (Å²) in [5.74, 6) is -0.160. The van der Waals surface area contributed by atoms with Gasteiger partial charge in [0.05, 0.1) is 23.9 Å². The lowest BCUT2D eigenvalue weighted by Gasteiger charge is -2.68. The highest BCUT2D eigenvalue weighted by Crippen LogP contribution is 2.79. The lowest BCUT2D eigenvalue weighted by Crippen LogP contribution is -2.75. The van der Waals surface area contributed by atoms with Crippen LogP contribution in [0.15, 0.2) is 0 Å². The lowest BCUT2D eigenvalue weighted by atomic mass is 9.43. The van der Waals surface area contributed by atoms with Gasteiger partial charge in [0.15, 0.2) is 0 Å². The zero-order chi connectivity index (χ0) is 22.8. The molecule has 1 spiro atoms. The van der Waals surface area contributed by atoms with Gasteiger partial charge >= 0.3 is 5.97 Å². The predicted octanol–water partition coefficient (Wildman–Crippen LogP) is 1.45. The average molecular weight is 450 g/mol. The molecular formula is C25H39NO6. The van der Waals surface area contributed by atoms with Gasteiger partial charge in [0.2, 0.25) is 0 Å². The number of hydrogen-bond donors (Lipinski definition) is 2. The van der Waals surface area contributed by atoms with Gasteiger partial charge in [-0.2, -0.15) is 0 Å². The first kappa shape index (κ1) is 21.8. The second kappa shape index (κ2) is 6.69. The van der Waals surface area contributed by atoms with Crippen molar-refractivity contribution in [3.8, 4) is 0 Å². The van der Waals surface area contributed by atoms with Gasteiger partial charge in [-0.15, -0.1) is 0 Å². The fourth-order valence-electron chi connectivity index (χ4n) is 10.8. The van der Waals surface area contributed by atoms with Gasteiger partial charge in [-0.25, -0.2) is 0 Å². The number of fused-ring (bicyclic) bond motifs is 2. The fraction of sp³-hybridized carbons (Fsp3) is 0.960. The van der Waals surface area contributed by atoms with Crippen LogP contribution in [0.4, 0.5) is 0 Å². The molecule has 7 bridgehead atoms. The number of esters is 1. The third kappa shape index (κ3) is 2.15. The average Bonchev–Trinajstić information content (AvgIpc) is 3.15. The Morgan fingerprint density at radius 2 is 1.97 bits per heavy atom. The van der Waals surface area contributed by atoms with E-state index >= 15 is 0 Å². The number of carbonyl (C=O) groups excluding carboxylic acids is 1. The van der Waals surface area contributed by atoms with E-state index in [1.807, 2.05) is 0 Å². The van der Waals surface area contributed by atoms with Crippen molar-refractivity contribution in [1.82, 2.24) is 4.90 Å². The molecule has 5 aliphatic carbocycles. The first-order chi connectivity index (χ1) is 15.2. The van der Waals surface area contributed by atoms with Gasteiger partial charge in [0, 0.05) is 69.2 Å². The van der Waals surface area contributed by atoms with Gasteiger partial charge in [0.25, 0.3) is 0 Å². The summed E-state index contributed by atoms with van der Waals surface area (Å²) < 4.78 is 18.7. The number of nitrogens with zero attached hydrogens (tertiary/aromatic N) is 1. The number of likely N-dealkylation sites (tertiary alicyclic amines) is 1. The van der Waals surface area contributed by atoms with E-state index in [1.165, 1.54) is 6.92 Å². The van der Waals surface area contributed by atoms with Gasteiger partial charge in [-0.05, 0) is 37.1 Å². The molecule has 180 valence electrons. The third-order valence-electron chi connectivity index (χ3n) is 11.3.